The van der Waals surface area contributed by atoms with Gasteiger partial charge in [-0.25, -0.2) is 0 Å². The van der Waals surface area contributed by atoms with Crippen molar-refractivity contribution in [1.29, 1.82) is 0 Å². The number of rotatable bonds is 2. The molecule has 1 aromatic heterocycles. The van der Waals surface area contributed by atoms with Gasteiger partial charge >= 0.3 is 6.18 Å². The van der Waals surface area contributed by atoms with Gasteiger partial charge in [-0.2, -0.15) is 18.3 Å². The number of halogens is 3. The second-order valence-corrected chi connectivity index (χ2v) is 5.84. The van der Waals surface area contributed by atoms with E-state index in [1.54, 1.807) is 18.2 Å². The average molecular weight is 327 g/mol. The van der Waals surface area contributed by atoms with Crippen LogP contribution in [0, 0.1) is 0 Å². The van der Waals surface area contributed by atoms with E-state index in [1.807, 2.05) is 6.07 Å². The highest BCUT2D eigenvalue weighted by Gasteiger charge is 2.55. The molecule has 2 aromatic rings. The van der Waals surface area contributed by atoms with Crippen LogP contribution < -0.4 is 0 Å². The smallest absolute Gasteiger partial charge is 0.379 e. The maximum absolute atomic E-state index is 12.9. The zero-order valence-electron chi connectivity index (χ0n) is 12.2. The number of piperidine rings is 1. The molecule has 1 aliphatic rings. The van der Waals surface area contributed by atoms with Gasteiger partial charge in [0, 0.05) is 11.9 Å². The Morgan fingerprint density at radius 1 is 1.39 bits per heavy atom. The third-order valence-electron chi connectivity index (χ3n) is 4.22. The monoisotopic (exact) mass is 327 g/mol. The molecule has 1 aromatic carbocycles. The first-order valence-corrected chi connectivity index (χ1v) is 7.29. The largest absolute Gasteiger partial charge is 0.418 e. The summed E-state index contributed by atoms with van der Waals surface area (Å²) >= 11 is 0. The number of aromatic amines is 1. The Hall–Kier alpha value is -2.09. The summed E-state index contributed by atoms with van der Waals surface area (Å²) < 4.78 is 38.8. The van der Waals surface area contributed by atoms with Crippen LogP contribution >= 0.6 is 0 Å². The molecule has 5 nitrogen and oxygen atoms in total. The number of nitrogens with zero attached hydrogens (tertiary/aromatic N) is 2. The summed E-state index contributed by atoms with van der Waals surface area (Å²) in [4.78, 5) is 13.4. The molecular formula is C15H16F3N3O2. The van der Waals surface area contributed by atoms with Crippen LogP contribution in [0.15, 0.2) is 24.3 Å². The van der Waals surface area contributed by atoms with E-state index in [0.717, 1.165) is 10.3 Å². The lowest BCUT2D eigenvalue weighted by Gasteiger charge is -2.40. The molecule has 0 spiro atoms. The van der Waals surface area contributed by atoms with E-state index in [2.05, 4.69) is 10.2 Å². The number of alkyl halides is 3. The third-order valence-corrected chi connectivity index (χ3v) is 4.22. The molecule has 2 N–H and O–H groups in total. The highest BCUT2D eigenvalue weighted by molar-refractivity contribution is 5.87. The van der Waals surface area contributed by atoms with Gasteiger partial charge in [0.15, 0.2) is 5.60 Å². The number of nitrogens with one attached hydrogen (secondary N) is 1. The van der Waals surface area contributed by atoms with Crippen molar-refractivity contribution in [2.24, 2.45) is 0 Å². The first-order chi connectivity index (χ1) is 10.8. The number of carbonyl (C=O) groups excluding carboxylic acids is 1. The molecule has 3 rings (SSSR count). The number of para-hydroxylation sites is 1. The van der Waals surface area contributed by atoms with Crippen molar-refractivity contribution in [2.75, 3.05) is 13.1 Å². The maximum atomic E-state index is 12.9. The number of H-pyrrole nitrogens is 1. The van der Waals surface area contributed by atoms with Crippen molar-refractivity contribution >= 4 is 16.8 Å². The maximum Gasteiger partial charge on any atom is 0.418 e. The summed E-state index contributed by atoms with van der Waals surface area (Å²) in [5.74, 6) is -0.457. The van der Waals surface area contributed by atoms with Crippen LogP contribution in [0.4, 0.5) is 13.2 Å². The Morgan fingerprint density at radius 3 is 2.87 bits per heavy atom. The number of benzene rings is 1. The number of β-amino-alcohol motifs (C(OH)–C–C–N with tert-alkyl or cyclic N) is 1. The fourth-order valence-corrected chi connectivity index (χ4v) is 2.89. The van der Waals surface area contributed by atoms with Crippen LogP contribution in [0.3, 0.4) is 0 Å². The van der Waals surface area contributed by atoms with Crippen molar-refractivity contribution in [1.82, 2.24) is 15.1 Å². The number of fused-ring (bicyclic) bond motifs is 1. The SMILES string of the molecule is O=C(Cc1[nH]nc2ccccc12)N1CCCC(O)(C(F)(F)F)C1. The normalized spacial score (nSPS) is 22.5. The van der Waals surface area contributed by atoms with Crippen molar-refractivity contribution in [3.63, 3.8) is 0 Å². The van der Waals surface area contributed by atoms with Crippen LogP contribution in [0.2, 0.25) is 0 Å². The number of aliphatic hydroxyl groups is 1. The summed E-state index contributed by atoms with van der Waals surface area (Å²) in [5.41, 5.74) is -1.57. The molecule has 8 heteroatoms. The lowest BCUT2D eigenvalue weighted by Crippen LogP contribution is -2.58. The molecule has 1 atom stereocenters. The number of carbonyl (C=O) groups is 1. The number of aromatic nitrogens is 2. The van der Waals surface area contributed by atoms with Crippen LogP contribution in [-0.2, 0) is 11.2 Å². The number of likely N-dealkylation sites (tertiary alicyclic amines) is 1. The summed E-state index contributed by atoms with van der Waals surface area (Å²) in [5, 5.41) is 17.4. The molecule has 0 aliphatic carbocycles. The van der Waals surface area contributed by atoms with Gasteiger partial charge in [-0.1, -0.05) is 18.2 Å². The second-order valence-electron chi connectivity index (χ2n) is 5.84. The predicted octanol–water partition coefficient (Wildman–Crippen LogP) is 2.02. The predicted molar refractivity (Wildman–Crippen MR) is 76.6 cm³/mol. The van der Waals surface area contributed by atoms with Crippen molar-refractivity contribution in [3.8, 4) is 0 Å². The Kier molecular flexibility index (Phi) is 3.79. The van der Waals surface area contributed by atoms with Gasteiger partial charge in [0.1, 0.15) is 0 Å². The van der Waals surface area contributed by atoms with Crippen molar-refractivity contribution < 1.29 is 23.1 Å². The van der Waals surface area contributed by atoms with Crippen LogP contribution in [-0.4, -0.2) is 51.0 Å². The minimum Gasteiger partial charge on any atom is -0.379 e. The van der Waals surface area contributed by atoms with Gasteiger partial charge in [0.2, 0.25) is 5.91 Å². The molecule has 1 saturated heterocycles. The van der Waals surface area contributed by atoms with Gasteiger partial charge < -0.3 is 10.0 Å². The molecule has 1 unspecified atom stereocenters. The number of hydrogen-bond donors (Lipinski definition) is 2. The molecule has 23 heavy (non-hydrogen) atoms. The molecule has 1 fully saturated rings. The second kappa shape index (κ2) is 5.52. The van der Waals surface area contributed by atoms with E-state index in [9.17, 15) is 23.1 Å². The molecule has 1 amide bonds. The van der Waals surface area contributed by atoms with Gasteiger partial charge in [-0.05, 0) is 18.9 Å². The summed E-state index contributed by atoms with van der Waals surface area (Å²) in [7, 11) is 0. The zero-order valence-corrected chi connectivity index (χ0v) is 12.2. The first kappa shape index (κ1) is 15.8. The number of hydrogen-bond acceptors (Lipinski definition) is 3. The van der Waals surface area contributed by atoms with Gasteiger partial charge in [0.25, 0.3) is 0 Å². The fourth-order valence-electron chi connectivity index (χ4n) is 2.89. The lowest BCUT2D eigenvalue weighted by molar-refractivity contribution is -0.272. The lowest BCUT2D eigenvalue weighted by atomic mass is 9.92. The molecule has 0 radical (unpaired) electrons. The van der Waals surface area contributed by atoms with Gasteiger partial charge in [-0.15, -0.1) is 0 Å². The van der Waals surface area contributed by atoms with Crippen LogP contribution in [0.25, 0.3) is 10.9 Å². The van der Waals surface area contributed by atoms with Crippen LogP contribution in [0.5, 0.6) is 0 Å². The molecule has 2 heterocycles. The average Bonchev–Trinajstić information content (AvgIpc) is 2.89. The van der Waals surface area contributed by atoms with E-state index in [0.29, 0.717) is 11.2 Å². The minimum atomic E-state index is -4.74. The topological polar surface area (TPSA) is 69.2 Å². The molecular weight excluding hydrogens is 311 g/mol. The van der Waals surface area contributed by atoms with Gasteiger partial charge in [-0.3, -0.25) is 9.89 Å². The third kappa shape index (κ3) is 2.90. The summed E-state index contributed by atoms with van der Waals surface area (Å²) in [6, 6.07) is 7.19. The Morgan fingerprint density at radius 2 is 2.13 bits per heavy atom. The Balaban J connectivity index is 1.76. The molecule has 0 bridgehead atoms. The highest BCUT2D eigenvalue weighted by Crippen LogP contribution is 2.37. The quantitative estimate of drug-likeness (QED) is 0.887. The van der Waals surface area contributed by atoms with E-state index in [1.165, 1.54) is 0 Å². The summed E-state index contributed by atoms with van der Waals surface area (Å²) in [6.45, 7) is -0.509. The van der Waals surface area contributed by atoms with E-state index < -0.39 is 24.2 Å². The van der Waals surface area contributed by atoms with Crippen LogP contribution in [0.1, 0.15) is 18.5 Å². The van der Waals surface area contributed by atoms with Crippen molar-refractivity contribution in [2.45, 2.75) is 31.0 Å². The Labute approximate surface area is 130 Å². The number of amides is 1. The van der Waals surface area contributed by atoms with Gasteiger partial charge in [0.05, 0.1) is 24.2 Å². The van der Waals surface area contributed by atoms with Crippen molar-refractivity contribution in [3.05, 3.63) is 30.0 Å². The molecule has 1 aliphatic heterocycles. The molecule has 0 saturated carbocycles. The summed E-state index contributed by atoms with van der Waals surface area (Å²) in [6.07, 6.45) is -5.08. The fraction of sp³-hybridized carbons (Fsp3) is 0.467. The van der Waals surface area contributed by atoms with E-state index in [-0.39, 0.29) is 25.8 Å². The highest BCUT2D eigenvalue weighted by atomic mass is 19.4. The van der Waals surface area contributed by atoms with E-state index >= 15 is 0 Å². The standard InChI is InChI=1S/C15H16F3N3O2/c16-15(17,18)14(23)6-3-7-21(9-14)13(22)8-12-10-4-1-2-5-11(10)19-20-12/h1-2,4-5,23H,3,6-9H2,(H,19,20). The molecule has 124 valence electrons. The van der Waals surface area contributed by atoms with E-state index in [4.69, 9.17) is 0 Å². The Bertz CT molecular complexity index is 728. The zero-order chi connectivity index (χ0) is 16.7. The first-order valence-electron chi connectivity index (χ1n) is 7.29. The minimum absolute atomic E-state index is 0.0749.